The molecule has 2 saturated carbocycles. The Morgan fingerprint density at radius 1 is 1.33 bits per heavy atom. The highest BCUT2D eigenvalue weighted by atomic mass is 32.2. The summed E-state index contributed by atoms with van der Waals surface area (Å²) < 4.78 is 89.6. The molecule has 7 nitrogen and oxygen atoms in total. The van der Waals surface area contributed by atoms with Crippen LogP contribution in [0, 0.1) is 10.2 Å². The fourth-order valence-electron chi connectivity index (χ4n) is 4.31. The van der Waals surface area contributed by atoms with Crippen molar-refractivity contribution >= 4 is 21.3 Å². The lowest BCUT2D eigenvalue weighted by atomic mass is 9.67. The summed E-state index contributed by atoms with van der Waals surface area (Å²) in [6.07, 6.45) is -2.61. The van der Waals surface area contributed by atoms with Crippen LogP contribution in [0.15, 0.2) is 23.4 Å². The molecule has 0 bridgehead atoms. The predicted octanol–water partition coefficient (Wildman–Crippen LogP) is 4.90. The van der Waals surface area contributed by atoms with Crippen molar-refractivity contribution in [2.45, 2.75) is 62.2 Å². The Balaban J connectivity index is 1.74. The molecule has 2 aliphatic rings. The van der Waals surface area contributed by atoms with E-state index in [-0.39, 0.29) is 23.0 Å². The van der Waals surface area contributed by atoms with E-state index in [1.807, 2.05) is 0 Å². The van der Waals surface area contributed by atoms with Gasteiger partial charge in [-0.2, -0.15) is 18.3 Å². The van der Waals surface area contributed by atoms with E-state index in [9.17, 15) is 31.0 Å². The second-order valence-electron chi connectivity index (χ2n) is 9.24. The Morgan fingerprint density at radius 2 is 1.97 bits per heavy atom. The third kappa shape index (κ3) is 4.87. The van der Waals surface area contributed by atoms with Gasteiger partial charge >= 0.3 is 6.18 Å². The summed E-state index contributed by atoms with van der Waals surface area (Å²) >= 11 is 0. The SMILES string of the molecule is CC1(Cn2nc(C3CC3)c(C(F)(F)F)c2C(=O)Nc2ccnc([S@@](C)(=N)=O)c2)CC(F)(F)C1. The smallest absolute Gasteiger partial charge is 0.320 e. The first-order chi connectivity index (χ1) is 15.1. The predicted molar refractivity (Wildman–Crippen MR) is 109 cm³/mol. The normalized spacial score (nSPS) is 21.2. The number of alkyl halides is 5. The number of aromatic nitrogens is 3. The topological polar surface area (TPSA) is 101 Å². The summed E-state index contributed by atoms with van der Waals surface area (Å²) in [7, 11) is -3.23. The summed E-state index contributed by atoms with van der Waals surface area (Å²) in [4.78, 5) is 16.9. The summed E-state index contributed by atoms with van der Waals surface area (Å²) in [5.74, 6) is -4.46. The molecule has 4 rings (SSSR count). The van der Waals surface area contributed by atoms with Crippen molar-refractivity contribution in [1.82, 2.24) is 14.8 Å². The number of hydrogen-bond acceptors (Lipinski definition) is 5. The first kappa shape index (κ1) is 23.6. The van der Waals surface area contributed by atoms with E-state index in [0.29, 0.717) is 12.8 Å². The van der Waals surface area contributed by atoms with Crippen LogP contribution in [0.5, 0.6) is 0 Å². The average molecular weight is 491 g/mol. The van der Waals surface area contributed by atoms with Crippen LogP contribution in [0.3, 0.4) is 0 Å². The van der Waals surface area contributed by atoms with E-state index < -0.39 is 63.2 Å². The van der Waals surface area contributed by atoms with Gasteiger partial charge < -0.3 is 5.32 Å². The molecule has 2 heterocycles. The van der Waals surface area contributed by atoms with E-state index in [1.165, 1.54) is 19.2 Å². The minimum atomic E-state index is -4.88. The van der Waals surface area contributed by atoms with E-state index in [4.69, 9.17) is 4.78 Å². The fraction of sp³-hybridized carbons (Fsp3) is 0.550. The number of halogens is 5. The highest BCUT2D eigenvalue weighted by molar-refractivity contribution is 7.91. The molecule has 0 aromatic carbocycles. The van der Waals surface area contributed by atoms with Gasteiger partial charge in [-0.1, -0.05) is 6.92 Å². The van der Waals surface area contributed by atoms with Gasteiger partial charge in [-0.05, 0) is 30.4 Å². The van der Waals surface area contributed by atoms with Crippen LogP contribution in [0.4, 0.5) is 27.6 Å². The van der Waals surface area contributed by atoms with Crippen LogP contribution in [-0.2, 0) is 22.5 Å². The molecule has 2 aromatic heterocycles. The maximum Gasteiger partial charge on any atom is 0.420 e. The minimum absolute atomic E-state index is 0.00191. The quantitative estimate of drug-likeness (QED) is 0.562. The van der Waals surface area contributed by atoms with Gasteiger partial charge in [-0.3, -0.25) is 9.48 Å². The molecule has 0 aliphatic heterocycles. The zero-order chi connectivity index (χ0) is 24.4. The molecule has 0 unspecified atom stereocenters. The summed E-state index contributed by atoms with van der Waals surface area (Å²) in [6.45, 7) is 1.26. The number of nitrogens with zero attached hydrogens (tertiary/aromatic N) is 3. The number of hydrogen-bond donors (Lipinski definition) is 2. The van der Waals surface area contributed by atoms with Gasteiger partial charge in [-0.15, -0.1) is 0 Å². The van der Waals surface area contributed by atoms with Crippen LogP contribution in [0.1, 0.15) is 60.3 Å². The number of anilines is 1. The standard InChI is InChI=1S/C20H22F5N5O2S/c1-18(8-19(21,22)9-18)10-30-16(14(20(23,24)25)15(29-30)11-3-4-11)17(31)28-12-5-6-27-13(7-12)33(2,26)32/h5-7,11,26H,3-4,8-10H2,1-2H3,(H,27,28,31)/t33-/m0/s1. The van der Waals surface area contributed by atoms with Gasteiger partial charge in [0.2, 0.25) is 5.92 Å². The number of pyridine rings is 1. The molecular weight excluding hydrogens is 469 g/mol. The molecule has 0 spiro atoms. The minimum Gasteiger partial charge on any atom is -0.320 e. The van der Waals surface area contributed by atoms with Crippen LogP contribution in [0.2, 0.25) is 0 Å². The van der Waals surface area contributed by atoms with Crippen molar-refractivity contribution in [1.29, 1.82) is 4.78 Å². The average Bonchev–Trinajstić information content (AvgIpc) is 3.39. The molecule has 2 aromatic rings. The van der Waals surface area contributed by atoms with Crippen molar-refractivity contribution in [3.63, 3.8) is 0 Å². The lowest BCUT2D eigenvalue weighted by Crippen LogP contribution is -2.47. The van der Waals surface area contributed by atoms with Crippen LogP contribution in [-0.4, -0.2) is 37.1 Å². The molecule has 2 N–H and O–H groups in total. The van der Waals surface area contributed by atoms with E-state index >= 15 is 0 Å². The lowest BCUT2D eigenvalue weighted by Gasteiger charge is -2.44. The molecule has 2 aliphatic carbocycles. The molecule has 180 valence electrons. The summed E-state index contributed by atoms with van der Waals surface area (Å²) in [5, 5.41) is 6.27. The van der Waals surface area contributed by atoms with Crippen molar-refractivity contribution in [3.8, 4) is 0 Å². The van der Waals surface area contributed by atoms with Gasteiger partial charge in [0.15, 0.2) is 0 Å². The molecule has 0 saturated heterocycles. The van der Waals surface area contributed by atoms with Crippen molar-refractivity contribution in [3.05, 3.63) is 35.3 Å². The van der Waals surface area contributed by atoms with E-state index in [1.54, 1.807) is 0 Å². The van der Waals surface area contributed by atoms with E-state index in [2.05, 4.69) is 15.4 Å². The number of carbonyl (C=O) groups excluding carboxylic acids is 1. The number of rotatable bonds is 6. The summed E-state index contributed by atoms with van der Waals surface area (Å²) in [5.41, 5.74) is -3.16. The van der Waals surface area contributed by atoms with Crippen molar-refractivity contribution in [2.24, 2.45) is 5.41 Å². The molecule has 0 radical (unpaired) electrons. The van der Waals surface area contributed by atoms with Gasteiger partial charge in [0, 0.05) is 43.4 Å². The molecule has 1 atom stereocenters. The number of carbonyl (C=O) groups is 1. The third-order valence-electron chi connectivity index (χ3n) is 5.74. The zero-order valence-corrected chi connectivity index (χ0v) is 18.6. The van der Waals surface area contributed by atoms with Gasteiger partial charge in [0.25, 0.3) is 5.91 Å². The summed E-state index contributed by atoms with van der Waals surface area (Å²) in [6, 6.07) is 2.44. The Labute approximate surface area is 186 Å². The van der Waals surface area contributed by atoms with Gasteiger partial charge in [-0.25, -0.2) is 22.8 Å². The highest BCUT2D eigenvalue weighted by Crippen LogP contribution is 2.53. The Kier molecular flexibility index (Phi) is 5.34. The molecule has 2 fully saturated rings. The van der Waals surface area contributed by atoms with Crippen LogP contribution in [0.25, 0.3) is 0 Å². The highest BCUT2D eigenvalue weighted by Gasteiger charge is 2.55. The zero-order valence-electron chi connectivity index (χ0n) is 17.8. The third-order valence-corrected chi connectivity index (χ3v) is 6.76. The van der Waals surface area contributed by atoms with Gasteiger partial charge in [0.1, 0.15) is 16.3 Å². The van der Waals surface area contributed by atoms with Crippen molar-refractivity contribution in [2.75, 3.05) is 11.6 Å². The van der Waals surface area contributed by atoms with Gasteiger partial charge in [0.05, 0.1) is 15.4 Å². The second kappa shape index (κ2) is 7.47. The van der Waals surface area contributed by atoms with Crippen molar-refractivity contribution < 1.29 is 31.0 Å². The lowest BCUT2D eigenvalue weighted by molar-refractivity contribution is -0.160. The van der Waals surface area contributed by atoms with Crippen LogP contribution < -0.4 is 5.32 Å². The number of nitrogens with one attached hydrogen (secondary N) is 2. The monoisotopic (exact) mass is 491 g/mol. The number of amides is 1. The molecular formula is C20H22F5N5O2S. The Morgan fingerprint density at radius 3 is 2.48 bits per heavy atom. The largest absolute Gasteiger partial charge is 0.420 e. The maximum absolute atomic E-state index is 14.1. The maximum atomic E-state index is 14.1. The Hall–Kier alpha value is -2.57. The Bertz CT molecular complexity index is 1210. The first-order valence-electron chi connectivity index (χ1n) is 10.1. The first-order valence-corrected chi connectivity index (χ1v) is 12.1. The molecule has 1 amide bonds. The second-order valence-corrected chi connectivity index (χ2v) is 11.3. The van der Waals surface area contributed by atoms with Crippen LogP contribution >= 0.6 is 0 Å². The molecule has 13 heteroatoms. The van der Waals surface area contributed by atoms with E-state index in [0.717, 1.165) is 17.0 Å². The molecule has 33 heavy (non-hydrogen) atoms. The fourth-order valence-corrected chi connectivity index (χ4v) is 4.92.